The highest BCUT2D eigenvalue weighted by Gasteiger charge is 2.05. The highest BCUT2D eigenvalue weighted by Crippen LogP contribution is 2.07. The Balaban J connectivity index is 1.79. The van der Waals surface area contributed by atoms with Gasteiger partial charge in [0.2, 0.25) is 0 Å². The molecule has 0 unspecified atom stereocenters. The number of hydrogen-bond donors (Lipinski definition) is 1. The van der Waals surface area contributed by atoms with E-state index in [-0.39, 0.29) is 19.0 Å². The molecule has 2 aromatic rings. The van der Waals surface area contributed by atoms with Crippen LogP contribution in [0.3, 0.4) is 0 Å². The topological polar surface area (TPSA) is 64.6 Å². The number of alkyl carbamates (subject to hydrolysis) is 1. The van der Waals surface area contributed by atoms with E-state index in [0.29, 0.717) is 6.54 Å². The first-order valence-corrected chi connectivity index (χ1v) is 7.26. The fourth-order valence-electron chi connectivity index (χ4n) is 2.04. The SMILES string of the molecule is COC(=O)Cc1cccc(CNC(=O)OCc2ccccc2)c1. The quantitative estimate of drug-likeness (QED) is 0.833. The number of amides is 1. The highest BCUT2D eigenvalue weighted by atomic mass is 16.5. The maximum absolute atomic E-state index is 11.7. The zero-order valence-corrected chi connectivity index (χ0v) is 13.0. The maximum Gasteiger partial charge on any atom is 0.407 e. The largest absolute Gasteiger partial charge is 0.469 e. The lowest BCUT2D eigenvalue weighted by Gasteiger charge is -2.08. The van der Waals surface area contributed by atoms with Crippen molar-refractivity contribution in [2.75, 3.05) is 7.11 Å². The van der Waals surface area contributed by atoms with Crippen LogP contribution in [0.15, 0.2) is 54.6 Å². The van der Waals surface area contributed by atoms with Crippen LogP contribution in [-0.4, -0.2) is 19.2 Å². The predicted octanol–water partition coefficient (Wildman–Crippen LogP) is 2.83. The molecule has 0 saturated carbocycles. The van der Waals surface area contributed by atoms with Crippen molar-refractivity contribution < 1.29 is 19.1 Å². The molecule has 0 radical (unpaired) electrons. The summed E-state index contributed by atoms with van der Waals surface area (Å²) in [7, 11) is 1.36. The molecule has 2 rings (SSSR count). The van der Waals surface area contributed by atoms with Gasteiger partial charge in [-0.15, -0.1) is 0 Å². The Labute approximate surface area is 135 Å². The number of carbonyl (C=O) groups excluding carboxylic acids is 2. The molecule has 0 spiro atoms. The lowest BCUT2D eigenvalue weighted by molar-refractivity contribution is -0.139. The van der Waals surface area contributed by atoms with Crippen LogP contribution in [0.2, 0.25) is 0 Å². The van der Waals surface area contributed by atoms with E-state index in [1.807, 2.05) is 54.6 Å². The lowest BCUT2D eigenvalue weighted by atomic mass is 10.1. The highest BCUT2D eigenvalue weighted by molar-refractivity contribution is 5.72. The van der Waals surface area contributed by atoms with E-state index in [9.17, 15) is 9.59 Å². The molecule has 0 aliphatic heterocycles. The van der Waals surface area contributed by atoms with Crippen molar-refractivity contribution in [3.63, 3.8) is 0 Å². The van der Waals surface area contributed by atoms with E-state index < -0.39 is 6.09 Å². The lowest BCUT2D eigenvalue weighted by Crippen LogP contribution is -2.23. The van der Waals surface area contributed by atoms with Gasteiger partial charge in [-0.3, -0.25) is 4.79 Å². The van der Waals surface area contributed by atoms with Gasteiger partial charge in [-0.1, -0.05) is 54.6 Å². The van der Waals surface area contributed by atoms with Crippen LogP contribution in [0.4, 0.5) is 4.79 Å². The van der Waals surface area contributed by atoms with E-state index in [2.05, 4.69) is 10.1 Å². The summed E-state index contributed by atoms with van der Waals surface area (Å²) >= 11 is 0. The Morgan fingerprint density at radius 3 is 2.39 bits per heavy atom. The number of ether oxygens (including phenoxy) is 2. The first kappa shape index (κ1) is 16.5. The summed E-state index contributed by atoms with van der Waals surface area (Å²) in [4.78, 5) is 23.0. The third-order valence-electron chi connectivity index (χ3n) is 3.22. The second kappa shape index (κ2) is 8.58. The van der Waals surface area contributed by atoms with Crippen LogP contribution < -0.4 is 5.32 Å². The molecule has 0 atom stereocenters. The minimum atomic E-state index is -0.479. The average molecular weight is 313 g/mol. The van der Waals surface area contributed by atoms with Crippen LogP contribution in [0.1, 0.15) is 16.7 Å². The van der Waals surface area contributed by atoms with Crippen LogP contribution >= 0.6 is 0 Å². The average Bonchev–Trinajstić information content (AvgIpc) is 2.59. The third-order valence-corrected chi connectivity index (χ3v) is 3.22. The van der Waals surface area contributed by atoms with Gasteiger partial charge in [0.1, 0.15) is 6.61 Å². The fraction of sp³-hybridized carbons (Fsp3) is 0.222. The first-order chi connectivity index (χ1) is 11.2. The van der Waals surface area contributed by atoms with Crippen molar-refractivity contribution in [1.29, 1.82) is 0 Å². The molecule has 1 amide bonds. The van der Waals surface area contributed by atoms with Crippen molar-refractivity contribution in [1.82, 2.24) is 5.32 Å². The van der Waals surface area contributed by atoms with Gasteiger partial charge in [-0.25, -0.2) is 4.79 Å². The molecule has 5 nitrogen and oxygen atoms in total. The number of carbonyl (C=O) groups is 2. The Kier molecular flexibility index (Phi) is 6.17. The number of nitrogens with one attached hydrogen (secondary N) is 1. The number of methoxy groups -OCH3 is 1. The molecule has 5 heteroatoms. The summed E-state index contributed by atoms with van der Waals surface area (Å²) in [5.74, 6) is -0.294. The molecule has 0 aromatic heterocycles. The summed E-state index contributed by atoms with van der Waals surface area (Å²) in [5.41, 5.74) is 2.67. The Morgan fingerprint density at radius 1 is 0.957 bits per heavy atom. The number of esters is 1. The van der Waals surface area contributed by atoms with Gasteiger partial charge in [0.05, 0.1) is 13.5 Å². The number of hydrogen-bond acceptors (Lipinski definition) is 4. The Morgan fingerprint density at radius 2 is 1.65 bits per heavy atom. The molecule has 0 aliphatic rings. The smallest absolute Gasteiger partial charge is 0.407 e. The molecule has 0 heterocycles. The molecule has 120 valence electrons. The molecular weight excluding hydrogens is 294 g/mol. The van der Waals surface area contributed by atoms with Crippen LogP contribution in [0.25, 0.3) is 0 Å². The molecule has 0 fully saturated rings. The van der Waals surface area contributed by atoms with Gasteiger partial charge >= 0.3 is 12.1 Å². The molecule has 23 heavy (non-hydrogen) atoms. The minimum absolute atomic E-state index is 0.211. The molecule has 0 saturated heterocycles. The van der Waals surface area contributed by atoms with Crippen LogP contribution in [-0.2, 0) is 33.8 Å². The molecule has 0 bridgehead atoms. The van der Waals surface area contributed by atoms with Gasteiger partial charge < -0.3 is 14.8 Å². The maximum atomic E-state index is 11.7. The summed E-state index contributed by atoms with van der Waals surface area (Å²) < 4.78 is 9.78. The number of rotatable bonds is 6. The normalized spacial score (nSPS) is 9.96. The van der Waals surface area contributed by atoms with E-state index >= 15 is 0 Å². The van der Waals surface area contributed by atoms with Gasteiger partial charge in [-0.05, 0) is 16.7 Å². The second-order valence-corrected chi connectivity index (χ2v) is 4.99. The van der Waals surface area contributed by atoms with Gasteiger partial charge in [0, 0.05) is 6.54 Å². The summed E-state index contributed by atoms with van der Waals surface area (Å²) in [6, 6.07) is 16.9. The monoisotopic (exact) mass is 313 g/mol. The predicted molar refractivity (Wildman–Crippen MR) is 85.6 cm³/mol. The van der Waals surface area contributed by atoms with E-state index in [1.54, 1.807) is 0 Å². The molecule has 0 aliphatic carbocycles. The summed E-state index contributed by atoms with van der Waals surface area (Å²) in [6.45, 7) is 0.567. The van der Waals surface area contributed by atoms with Crippen molar-refractivity contribution in [3.05, 3.63) is 71.3 Å². The standard InChI is InChI=1S/C18H19NO4/c1-22-17(20)11-15-8-5-9-16(10-15)12-19-18(21)23-13-14-6-3-2-4-7-14/h2-10H,11-13H2,1H3,(H,19,21). The Hall–Kier alpha value is -2.82. The van der Waals surface area contributed by atoms with Gasteiger partial charge in [-0.2, -0.15) is 0 Å². The van der Waals surface area contributed by atoms with Crippen molar-refractivity contribution in [2.45, 2.75) is 19.6 Å². The van der Waals surface area contributed by atoms with E-state index in [1.165, 1.54) is 7.11 Å². The van der Waals surface area contributed by atoms with Gasteiger partial charge in [0.15, 0.2) is 0 Å². The summed E-state index contributed by atoms with van der Waals surface area (Å²) in [5, 5.41) is 2.69. The molecule has 1 N–H and O–H groups in total. The van der Waals surface area contributed by atoms with E-state index in [0.717, 1.165) is 16.7 Å². The molecular formula is C18H19NO4. The van der Waals surface area contributed by atoms with Gasteiger partial charge in [0.25, 0.3) is 0 Å². The molecule has 2 aromatic carbocycles. The second-order valence-electron chi connectivity index (χ2n) is 4.99. The van der Waals surface area contributed by atoms with Crippen molar-refractivity contribution in [3.8, 4) is 0 Å². The first-order valence-electron chi connectivity index (χ1n) is 7.26. The fourth-order valence-corrected chi connectivity index (χ4v) is 2.04. The Bertz CT molecular complexity index is 655. The zero-order valence-electron chi connectivity index (χ0n) is 13.0. The van der Waals surface area contributed by atoms with Crippen molar-refractivity contribution >= 4 is 12.1 Å². The third kappa shape index (κ3) is 5.82. The van der Waals surface area contributed by atoms with Crippen LogP contribution in [0, 0.1) is 0 Å². The minimum Gasteiger partial charge on any atom is -0.469 e. The summed E-state index contributed by atoms with van der Waals surface area (Å²) in [6.07, 6.45) is -0.268. The van der Waals surface area contributed by atoms with Crippen LogP contribution in [0.5, 0.6) is 0 Å². The number of benzene rings is 2. The van der Waals surface area contributed by atoms with Crippen molar-refractivity contribution in [2.24, 2.45) is 0 Å². The zero-order chi connectivity index (χ0) is 16.5. The van der Waals surface area contributed by atoms with E-state index in [4.69, 9.17) is 4.74 Å².